The second-order valence-electron chi connectivity index (χ2n) is 4.73. The van der Waals surface area contributed by atoms with E-state index in [-0.39, 0.29) is 17.9 Å². The lowest BCUT2D eigenvalue weighted by Crippen LogP contribution is -2.38. The van der Waals surface area contributed by atoms with E-state index >= 15 is 0 Å². The van der Waals surface area contributed by atoms with Crippen molar-refractivity contribution in [1.29, 1.82) is 0 Å². The molecule has 1 fully saturated rings. The van der Waals surface area contributed by atoms with Gasteiger partial charge in [-0.25, -0.2) is 0 Å². The number of carbonyl (C=O) groups is 1. The fourth-order valence-electron chi connectivity index (χ4n) is 2.42. The summed E-state index contributed by atoms with van der Waals surface area (Å²) in [6.07, 6.45) is 7.28. The van der Waals surface area contributed by atoms with Gasteiger partial charge >= 0.3 is 0 Å². The van der Waals surface area contributed by atoms with E-state index in [1.165, 1.54) is 0 Å². The number of rotatable bonds is 2. The molecular formula is C13H19N3O. The summed E-state index contributed by atoms with van der Waals surface area (Å²) in [5.41, 5.74) is 6.81. The molecular weight excluding hydrogens is 214 g/mol. The van der Waals surface area contributed by atoms with Gasteiger partial charge in [-0.1, -0.05) is 6.42 Å². The molecule has 2 unspecified atom stereocenters. The summed E-state index contributed by atoms with van der Waals surface area (Å²) < 4.78 is 0. The largest absolute Gasteiger partial charge is 0.328 e. The number of pyridine rings is 1. The normalized spacial score (nSPS) is 24.4. The first kappa shape index (κ1) is 12.0. The standard InChI is InChI=1S/C13H19N3O/c1-16(12-5-7-15-8-6-12)13(17)10-3-2-4-11(14)9-10/h5-8,10-11H,2-4,9,14H2,1H3. The van der Waals surface area contributed by atoms with Crippen LogP contribution in [0.2, 0.25) is 0 Å². The highest BCUT2D eigenvalue weighted by Crippen LogP contribution is 2.26. The van der Waals surface area contributed by atoms with Crippen LogP contribution in [-0.2, 0) is 4.79 Å². The molecule has 1 saturated carbocycles. The van der Waals surface area contributed by atoms with Gasteiger partial charge in [-0.3, -0.25) is 9.78 Å². The van der Waals surface area contributed by atoms with E-state index < -0.39 is 0 Å². The third kappa shape index (κ3) is 2.82. The van der Waals surface area contributed by atoms with Crippen LogP contribution in [0.4, 0.5) is 5.69 Å². The first-order chi connectivity index (χ1) is 8.18. The average Bonchev–Trinajstić information content (AvgIpc) is 2.38. The zero-order chi connectivity index (χ0) is 12.3. The minimum atomic E-state index is 0.0805. The third-order valence-electron chi connectivity index (χ3n) is 3.44. The fraction of sp³-hybridized carbons (Fsp3) is 0.538. The molecule has 0 bridgehead atoms. The first-order valence-corrected chi connectivity index (χ1v) is 6.11. The van der Waals surface area contributed by atoms with Crippen molar-refractivity contribution in [2.75, 3.05) is 11.9 Å². The van der Waals surface area contributed by atoms with Crippen LogP contribution in [0, 0.1) is 5.92 Å². The number of nitrogens with two attached hydrogens (primary N) is 1. The molecule has 1 aromatic rings. The van der Waals surface area contributed by atoms with Crippen LogP contribution in [0.15, 0.2) is 24.5 Å². The van der Waals surface area contributed by atoms with Gasteiger partial charge in [0.1, 0.15) is 0 Å². The van der Waals surface area contributed by atoms with Gasteiger partial charge in [0.15, 0.2) is 0 Å². The van der Waals surface area contributed by atoms with Crippen LogP contribution in [0.5, 0.6) is 0 Å². The van der Waals surface area contributed by atoms with Gasteiger partial charge in [0, 0.05) is 37.1 Å². The van der Waals surface area contributed by atoms with Gasteiger partial charge in [-0.2, -0.15) is 0 Å². The van der Waals surface area contributed by atoms with Crippen molar-refractivity contribution in [2.24, 2.45) is 11.7 Å². The maximum atomic E-state index is 12.3. The lowest BCUT2D eigenvalue weighted by molar-refractivity contribution is -0.123. The Kier molecular flexibility index (Phi) is 3.74. The first-order valence-electron chi connectivity index (χ1n) is 6.11. The molecule has 4 heteroatoms. The lowest BCUT2D eigenvalue weighted by atomic mass is 9.85. The Morgan fingerprint density at radius 2 is 2.12 bits per heavy atom. The predicted octanol–water partition coefficient (Wildman–Crippen LogP) is 1.56. The highest BCUT2D eigenvalue weighted by atomic mass is 16.2. The van der Waals surface area contributed by atoms with Crippen LogP contribution in [0.25, 0.3) is 0 Å². The number of carbonyl (C=O) groups excluding carboxylic acids is 1. The Balaban J connectivity index is 2.04. The summed E-state index contributed by atoms with van der Waals surface area (Å²) in [7, 11) is 1.82. The molecule has 17 heavy (non-hydrogen) atoms. The molecule has 2 atom stereocenters. The molecule has 0 aromatic carbocycles. The molecule has 1 aromatic heterocycles. The van der Waals surface area contributed by atoms with Gasteiger partial charge in [0.05, 0.1) is 0 Å². The minimum Gasteiger partial charge on any atom is -0.328 e. The quantitative estimate of drug-likeness (QED) is 0.843. The molecule has 92 valence electrons. The van der Waals surface area contributed by atoms with Crippen LogP contribution < -0.4 is 10.6 Å². The number of nitrogens with zero attached hydrogens (tertiary/aromatic N) is 2. The fourth-order valence-corrected chi connectivity index (χ4v) is 2.42. The van der Waals surface area contributed by atoms with Crippen molar-refractivity contribution in [3.8, 4) is 0 Å². The third-order valence-corrected chi connectivity index (χ3v) is 3.44. The maximum Gasteiger partial charge on any atom is 0.229 e. The molecule has 2 N–H and O–H groups in total. The smallest absolute Gasteiger partial charge is 0.229 e. The Bertz CT molecular complexity index is 380. The number of aromatic nitrogens is 1. The average molecular weight is 233 g/mol. The molecule has 1 heterocycles. The van der Waals surface area contributed by atoms with E-state index in [9.17, 15) is 4.79 Å². The topological polar surface area (TPSA) is 59.2 Å². The van der Waals surface area contributed by atoms with E-state index in [1.54, 1.807) is 17.3 Å². The van der Waals surface area contributed by atoms with Crippen LogP contribution >= 0.6 is 0 Å². The number of hydrogen-bond acceptors (Lipinski definition) is 3. The molecule has 1 aliphatic rings. The molecule has 0 aliphatic heterocycles. The summed E-state index contributed by atoms with van der Waals surface area (Å²) in [5.74, 6) is 0.253. The minimum absolute atomic E-state index is 0.0805. The number of amides is 1. The Labute approximate surface area is 102 Å². The van der Waals surface area contributed by atoms with Crippen molar-refractivity contribution < 1.29 is 4.79 Å². The highest BCUT2D eigenvalue weighted by molar-refractivity contribution is 5.94. The van der Waals surface area contributed by atoms with Crippen LogP contribution in [0.1, 0.15) is 25.7 Å². The molecule has 1 amide bonds. The second-order valence-corrected chi connectivity index (χ2v) is 4.73. The summed E-state index contributed by atoms with van der Waals surface area (Å²) in [6, 6.07) is 3.88. The molecule has 4 nitrogen and oxygen atoms in total. The van der Waals surface area contributed by atoms with Crippen molar-refractivity contribution in [1.82, 2.24) is 4.98 Å². The Morgan fingerprint density at radius 3 is 2.76 bits per heavy atom. The van der Waals surface area contributed by atoms with E-state index in [2.05, 4.69) is 4.98 Å². The monoisotopic (exact) mass is 233 g/mol. The van der Waals surface area contributed by atoms with Crippen molar-refractivity contribution in [3.05, 3.63) is 24.5 Å². The van der Waals surface area contributed by atoms with E-state index in [0.717, 1.165) is 31.4 Å². The number of hydrogen-bond donors (Lipinski definition) is 1. The van der Waals surface area contributed by atoms with E-state index in [4.69, 9.17) is 5.73 Å². The Morgan fingerprint density at radius 1 is 1.41 bits per heavy atom. The molecule has 1 aliphatic carbocycles. The summed E-state index contributed by atoms with van der Waals surface area (Å²) in [6.45, 7) is 0. The maximum absolute atomic E-state index is 12.3. The number of anilines is 1. The van der Waals surface area contributed by atoms with Gasteiger partial charge in [-0.15, -0.1) is 0 Å². The van der Waals surface area contributed by atoms with Crippen molar-refractivity contribution >= 4 is 11.6 Å². The van der Waals surface area contributed by atoms with Gasteiger partial charge in [-0.05, 0) is 31.4 Å². The Hall–Kier alpha value is -1.42. The van der Waals surface area contributed by atoms with Crippen LogP contribution in [-0.4, -0.2) is 24.0 Å². The second kappa shape index (κ2) is 5.27. The predicted molar refractivity (Wildman–Crippen MR) is 67.6 cm³/mol. The highest BCUT2D eigenvalue weighted by Gasteiger charge is 2.27. The van der Waals surface area contributed by atoms with Gasteiger partial charge in [0.25, 0.3) is 0 Å². The molecule has 2 rings (SSSR count). The van der Waals surface area contributed by atoms with Crippen molar-refractivity contribution in [3.63, 3.8) is 0 Å². The van der Waals surface area contributed by atoms with E-state index in [1.807, 2.05) is 19.2 Å². The summed E-state index contributed by atoms with van der Waals surface area (Å²) in [5, 5.41) is 0. The summed E-state index contributed by atoms with van der Waals surface area (Å²) in [4.78, 5) is 18.0. The van der Waals surface area contributed by atoms with Gasteiger partial charge < -0.3 is 10.6 Å². The molecule has 0 spiro atoms. The molecule has 0 saturated heterocycles. The molecule has 0 radical (unpaired) electrons. The summed E-state index contributed by atoms with van der Waals surface area (Å²) >= 11 is 0. The zero-order valence-corrected chi connectivity index (χ0v) is 10.2. The van der Waals surface area contributed by atoms with Crippen LogP contribution in [0.3, 0.4) is 0 Å². The lowest BCUT2D eigenvalue weighted by Gasteiger charge is -2.29. The van der Waals surface area contributed by atoms with E-state index in [0.29, 0.717) is 0 Å². The van der Waals surface area contributed by atoms with Crippen molar-refractivity contribution in [2.45, 2.75) is 31.7 Å². The SMILES string of the molecule is CN(C(=O)C1CCCC(N)C1)c1ccncc1. The zero-order valence-electron chi connectivity index (χ0n) is 10.2. The van der Waals surface area contributed by atoms with Gasteiger partial charge in [0.2, 0.25) is 5.91 Å².